The van der Waals surface area contributed by atoms with E-state index in [0.29, 0.717) is 0 Å². The van der Waals surface area contributed by atoms with Crippen molar-refractivity contribution in [1.29, 1.82) is 0 Å². The number of hydrogen-bond donors (Lipinski definition) is 0. The highest BCUT2D eigenvalue weighted by atomic mass is 33.5. The van der Waals surface area contributed by atoms with Crippen LogP contribution >= 0.6 is 31.4 Å². The zero-order valence-electron chi connectivity index (χ0n) is 25.4. The maximum Gasteiger partial charge on any atom is 0.0226 e. The summed E-state index contributed by atoms with van der Waals surface area (Å²) in [5.74, 6) is 0. The Bertz CT molecular complexity index is 804. The lowest BCUT2D eigenvalue weighted by Gasteiger charge is -2.15. The summed E-state index contributed by atoms with van der Waals surface area (Å²) < 4.78 is 0. The van der Waals surface area contributed by atoms with Gasteiger partial charge in [0.15, 0.2) is 0 Å². The summed E-state index contributed by atoms with van der Waals surface area (Å²) in [4.78, 5) is 2.84. The molecule has 0 aliphatic heterocycles. The van der Waals surface area contributed by atoms with E-state index in [9.17, 15) is 0 Å². The van der Waals surface area contributed by atoms with E-state index in [4.69, 9.17) is 0 Å². The van der Waals surface area contributed by atoms with Crippen LogP contribution < -0.4 is 0 Å². The second-order valence-corrected chi connectivity index (χ2v) is 15.3. The van der Waals surface area contributed by atoms with E-state index in [-0.39, 0.29) is 0 Å². The second-order valence-electron chi connectivity index (χ2n) is 11.3. The summed E-state index contributed by atoms with van der Waals surface area (Å²) >= 11 is 0. The van der Waals surface area contributed by atoms with Gasteiger partial charge in [0.1, 0.15) is 0 Å². The highest BCUT2D eigenvalue weighted by Crippen LogP contribution is 2.46. The predicted molar refractivity (Wildman–Crippen MR) is 183 cm³/mol. The lowest BCUT2D eigenvalue weighted by molar-refractivity contribution is 0.552. The molecule has 0 heterocycles. The van der Waals surface area contributed by atoms with E-state index in [2.05, 4.69) is 62.4 Å². The molecule has 0 saturated carbocycles. The van der Waals surface area contributed by atoms with Crippen LogP contribution in [0.1, 0.15) is 153 Å². The number of unbranched alkanes of at least 4 members (excludes halogenated alkanes) is 18. The van der Waals surface area contributed by atoms with Crippen molar-refractivity contribution in [3.63, 3.8) is 0 Å². The molecule has 0 aliphatic rings. The van der Waals surface area contributed by atoms with Crippen LogP contribution in [0.5, 0.6) is 0 Å². The Labute approximate surface area is 254 Å². The van der Waals surface area contributed by atoms with Gasteiger partial charge in [0.2, 0.25) is 0 Å². The molecule has 0 aliphatic carbocycles. The van der Waals surface area contributed by atoms with Gasteiger partial charge in [0.25, 0.3) is 0 Å². The smallest absolute Gasteiger partial charge is 0.0226 e. The van der Waals surface area contributed by atoms with Crippen LogP contribution in [0.2, 0.25) is 0 Å². The molecule has 2 aromatic carbocycles. The van der Waals surface area contributed by atoms with E-state index < -0.39 is 0 Å². The van der Waals surface area contributed by atoms with Gasteiger partial charge in [-0.2, -0.15) is 0 Å². The van der Waals surface area contributed by atoms with Crippen LogP contribution in [-0.4, -0.2) is 0 Å². The Morgan fingerprint density at radius 2 is 0.923 bits per heavy atom. The first kappa shape index (κ1) is 34.7. The maximum absolute atomic E-state index is 2.43. The van der Waals surface area contributed by atoms with Crippen LogP contribution in [0.3, 0.4) is 0 Å². The SMILES string of the molecule is CCCCCCCCCCCCc1cccc(SSSc2ccccc2)c1CCCCCCCCCCCC. The van der Waals surface area contributed by atoms with Crippen molar-refractivity contribution in [3.05, 3.63) is 59.7 Å². The molecule has 0 radical (unpaired) electrons. The molecule has 0 bridgehead atoms. The Balaban J connectivity index is 1.77. The number of benzene rings is 2. The first-order valence-electron chi connectivity index (χ1n) is 16.5. The lowest BCUT2D eigenvalue weighted by atomic mass is 9.96. The zero-order chi connectivity index (χ0) is 27.6. The normalized spacial score (nSPS) is 11.3. The second kappa shape index (κ2) is 25.2. The minimum absolute atomic E-state index is 1.25. The molecule has 0 fully saturated rings. The molecule has 3 heteroatoms. The minimum Gasteiger partial charge on any atom is -0.0654 e. The third-order valence-corrected chi connectivity index (χ3v) is 11.7. The highest BCUT2D eigenvalue weighted by Gasteiger charge is 2.10. The fourth-order valence-corrected chi connectivity index (χ4v) is 9.32. The molecule has 0 amide bonds. The average molecular weight is 587 g/mol. The molecule has 2 aromatic rings. The summed E-state index contributed by atoms with van der Waals surface area (Å²) in [6.07, 6.45) is 30.7. The fraction of sp³-hybridized carbons (Fsp3) is 0.667. The quantitative estimate of drug-likeness (QED) is 0.0794. The highest BCUT2D eigenvalue weighted by molar-refractivity contribution is 9.09. The summed E-state index contributed by atoms with van der Waals surface area (Å²) in [5.41, 5.74) is 3.28. The Morgan fingerprint density at radius 1 is 0.436 bits per heavy atom. The predicted octanol–water partition coefficient (Wildman–Crippen LogP) is 14.1. The van der Waals surface area contributed by atoms with Crippen LogP contribution in [0, 0.1) is 0 Å². The summed E-state index contributed by atoms with van der Waals surface area (Å²) in [7, 11) is 5.78. The van der Waals surface area contributed by atoms with Crippen LogP contribution in [0.4, 0.5) is 0 Å². The molecule has 0 atom stereocenters. The summed E-state index contributed by atoms with van der Waals surface area (Å²) in [6.45, 7) is 4.61. The third-order valence-electron chi connectivity index (χ3n) is 7.81. The van der Waals surface area contributed by atoms with Crippen molar-refractivity contribution in [2.45, 2.75) is 165 Å². The first-order chi connectivity index (χ1) is 19.3. The van der Waals surface area contributed by atoms with Crippen LogP contribution in [0.15, 0.2) is 58.3 Å². The van der Waals surface area contributed by atoms with E-state index in [0.717, 1.165) is 0 Å². The maximum atomic E-state index is 2.43. The van der Waals surface area contributed by atoms with E-state index in [1.807, 2.05) is 31.4 Å². The topological polar surface area (TPSA) is 0 Å². The minimum atomic E-state index is 1.25. The van der Waals surface area contributed by atoms with Crippen LogP contribution in [-0.2, 0) is 12.8 Å². The van der Waals surface area contributed by atoms with Gasteiger partial charge < -0.3 is 0 Å². The summed E-state index contributed by atoms with van der Waals surface area (Å²) in [5, 5.41) is 0. The van der Waals surface area contributed by atoms with Gasteiger partial charge in [-0.3, -0.25) is 0 Å². The molecule has 0 unspecified atom stereocenters. The molecular weight excluding hydrogens is 529 g/mol. The zero-order valence-corrected chi connectivity index (χ0v) is 27.8. The van der Waals surface area contributed by atoms with Crippen molar-refractivity contribution < 1.29 is 0 Å². The first-order valence-corrected chi connectivity index (χ1v) is 20.0. The van der Waals surface area contributed by atoms with Crippen molar-refractivity contribution in [2.24, 2.45) is 0 Å². The molecule has 39 heavy (non-hydrogen) atoms. The van der Waals surface area contributed by atoms with Gasteiger partial charge in [-0.15, -0.1) is 0 Å². The average Bonchev–Trinajstić information content (AvgIpc) is 2.96. The molecular formula is C36H58S3. The summed E-state index contributed by atoms with van der Waals surface area (Å²) in [6, 6.07) is 17.9. The number of aryl methyl sites for hydroxylation is 1. The molecule has 0 aromatic heterocycles. The van der Waals surface area contributed by atoms with E-state index in [1.165, 1.54) is 151 Å². The molecule has 0 N–H and O–H groups in total. The molecule has 0 spiro atoms. The van der Waals surface area contributed by atoms with Gasteiger partial charge >= 0.3 is 0 Å². The Hall–Kier alpha value is -0.510. The fourth-order valence-electron chi connectivity index (χ4n) is 5.37. The van der Waals surface area contributed by atoms with Gasteiger partial charge in [-0.25, -0.2) is 0 Å². The molecule has 220 valence electrons. The molecule has 0 saturated heterocycles. The van der Waals surface area contributed by atoms with Gasteiger partial charge in [0, 0.05) is 9.79 Å². The Morgan fingerprint density at radius 3 is 1.46 bits per heavy atom. The monoisotopic (exact) mass is 586 g/mol. The molecule has 0 nitrogen and oxygen atoms in total. The van der Waals surface area contributed by atoms with Crippen molar-refractivity contribution in [3.8, 4) is 0 Å². The van der Waals surface area contributed by atoms with Crippen molar-refractivity contribution in [2.75, 3.05) is 0 Å². The van der Waals surface area contributed by atoms with Crippen molar-refractivity contribution >= 4 is 31.4 Å². The van der Waals surface area contributed by atoms with Crippen molar-refractivity contribution in [1.82, 2.24) is 0 Å². The van der Waals surface area contributed by atoms with Gasteiger partial charge in [-0.05, 0) is 86.4 Å². The third kappa shape index (κ3) is 17.8. The standard InChI is InChI=1S/C36H58S3/c1-3-5-7-9-11-13-15-17-19-22-27-33-28-26-32-36(38-39-37-34-29-23-21-24-30-34)35(33)31-25-20-18-16-14-12-10-8-6-4-2/h21,23-24,26,28-30,32H,3-20,22,25,27,31H2,1-2H3. The largest absolute Gasteiger partial charge is 0.0654 e. The number of hydrogen-bond acceptors (Lipinski definition) is 3. The lowest BCUT2D eigenvalue weighted by Crippen LogP contribution is -1.98. The van der Waals surface area contributed by atoms with E-state index >= 15 is 0 Å². The van der Waals surface area contributed by atoms with Gasteiger partial charge in [-0.1, -0.05) is 160 Å². The Kier molecular flexibility index (Phi) is 22.4. The molecule has 2 rings (SSSR count). The van der Waals surface area contributed by atoms with Crippen LogP contribution in [0.25, 0.3) is 0 Å². The van der Waals surface area contributed by atoms with Gasteiger partial charge in [0.05, 0.1) is 0 Å². The number of rotatable bonds is 26. The van der Waals surface area contributed by atoms with E-state index in [1.54, 1.807) is 11.1 Å².